The summed E-state index contributed by atoms with van der Waals surface area (Å²) in [5.74, 6) is -1.06. The summed E-state index contributed by atoms with van der Waals surface area (Å²) in [6.45, 7) is 0. The Labute approximate surface area is 110 Å². The standard InChI is InChI=1S/C14H13N3O2/c15-13(14(18)19)10-6-8-12(9-7-10)17-16-11-4-2-1-3-5-11/h1-9,13H,15H2,(H,18,19). The van der Waals surface area contributed by atoms with Crippen molar-refractivity contribution in [3.63, 3.8) is 0 Å². The van der Waals surface area contributed by atoms with Crippen LogP contribution in [0.5, 0.6) is 0 Å². The van der Waals surface area contributed by atoms with Gasteiger partial charge in [0.2, 0.25) is 0 Å². The van der Waals surface area contributed by atoms with Gasteiger partial charge in [0.25, 0.3) is 0 Å². The van der Waals surface area contributed by atoms with E-state index in [9.17, 15) is 4.79 Å². The molecular formula is C14H13N3O2. The predicted molar refractivity (Wildman–Crippen MR) is 71.6 cm³/mol. The van der Waals surface area contributed by atoms with Gasteiger partial charge in [0.05, 0.1) is 11.4 Å². The lowest BCUT2D eigenvalue weighted by atomic mass is 10.1. The fraction of sp³-hybridized carbons (Fsp3) is 0.0714. The van der Waals surface area contributed by atoms with Gasteiger partial charge in [-0.05, 0) is 29.8 Å². The first-order valence-corrected chi connectivity index (χ1v) is 5.72. The van der Waals surface area contributed by atoms with Crippen molar-refractivity contribution in [3.05, 3.63) is 60.2 Å². The molecule has 2 aromatic carbocycles. The van der Waals surface area contributed by atoms with Gasteiger partial charge in [-0.3, -0.25) is 4.79 Å². The summed E-state index contributed by atoms with van der Waals surface area (Å²) in [7, 11) is 0. The average molecular weight is 255 g/mol. The van der Waals surface area contributed by atoms with E-state index in [2.05, 4.69) is 10.2 Å². The molecule has 0 radical (unpaired) electrons. The van der Waals surface area contributed by atoms with Gasteiger partial charge in [0.1, 0.15) is 6.04 Å². The van der Waals surface area contributed by atoms with E-state index in [1.807, 2.05) is 30.3 Å². The number of nitrogens with two attached hydrogens (primary N) is 1. The van der Waals surface area contributed by atoms with E-state index < -0.39 is 12.0 Å². The molecule has 2 aromatic rings. The van der Waals surface area contributed by atoms with Gasteiger partial charge in [-0.15, -0.1) is 0 Å². The van der Waals surface area contributed by atoms with Gasteiger partial charge >= 0.3 is 5.97 Å². The molecular weight excluding hydrogens is 242 g/mol. The summed E-state index contributed by atoms with van der Waals surface area (Å²) < 4.78 is 0. The van der Waals surface area contributed by atoms with E-state index in [0.717, 1.165) is 5.69 Å². The van der Waals surface area contributed by atoms with Crippen molar-refractivity contribution < 1.29 is 9.90 Å². The first-order chi connectivity index (χ1) is 9.16. The van der Waals surface area contributed by atoms with Gasteiger partial charge < -0.3 is 10.8 Å². The first kappa shape index (κ1) is 12.9. The van der Waals surface area contributed by atoms with Crippen LogP contribution in [-0.2, 0) is 4.79 Å². The Kier molecular flexibility index (Phi) is 4.00. The highest BCUT2D eigenvalue weighted by Gasteiger charge is 2.13. The van der Waals surface area contributed by atoms with Gasteiger partial charge in [-0.25, -0.2) is 0 Å². The van der Waals surface area contributed by atoms with E-state index in [0.29, 0.717) is 11.3 Å². The lowest BCUT2D eigenvalue weighted by Gasteiger charge is -2.05. The van der Waals surface area contributed by atoms with Crippen LogP contribution in [0.4, 0.5) is 11.4 Å². The molecule has 0 aromatic heterocycles. The molecule has 5 nitrogen and oxygen atoms in total. The van der Waals surface area contributed by atoms with Crippen LogP contribution in [0.15, 0.2) is 64.8 Å². The van der Waals surface area contributed by atoms with Crippen LogP contribution < -0.4 is 5.73 Å². The molecule has 0 amide bonds. The fourth-order valence-electron chi connectivity index (χ4n) is 1.50. The maximum absolute atomic E-state index is 10.7. The number of aliphatic carboxylic acids is 1. The SMILES string of the molecule is NC(C(=O)O)c1ccc(N=Nc2ccccc2)cc1. The van der Waals surface area contributed by atoms with Crippen molar-refractivity contribution in [2.45, 2.75) is 6.04 Å². The number of rotatable bonds is 4. The number of carboxylic acid groups (broad SMARTS) is 1. The molecule has 2 rings (SSSR count). The number of carboxylic acids is 1. The minimum absolute atomic E-state index is 0.533. The molecule has 0 aliphatic carbocycles. The van der Waals surface area contributed by atoms with Crippen LogP contribution >= 0.6 is 0 Å². The number of carbonyl (C=O) groups is 1. The highest BCUT2D eigenvalue weighted by Crippen LogP contribution is 2.20. The Balaban J connectivity index is 2.11. The van der Waals surface area contributed by atoms with Crippen LogP contribution in [0.1, 0.15) is 11.6 Å². The molecule has 0 saturated heterocycles. The Morgan fingerprint density at radius 2 is 1.47 bits per heavy atom. The molecule has 1 unspecified atom stereocenters. The third-order valence-corrected chi connectivity index (χ3v) is 2.56. The third kappa shape index (κ3) is 3.46. The van der Waals surface area contributed by atoms with Crippen molar-refractivity contribution >= 4 is 17.3 Å². The number of benzene rings is 2. The monoisotopic (exact) mass is 255 g/mol. The van der Waals surface area contributed by atoms with E-state index in [4.69, 9.17) is 10.8 Å². The van der Waals surface area contributed by atoms with Crippen LogP contribution in [0.2, 0.25) is 0 Å². The zero-order valence-corrected chi connectivity index (χ0v) is 10.1. The van der Waals surface area contributed by atoms with Crippen molar-refractivity contribution in [3.8, 4) is 0 Å². The maximum atomic E-state index is 10.7. The zero-order chi connectivity index (χ0) is 13.7. The Bertz CT molecular complexity index is 579. The van der Waals surface area contributed by atoms with E-state index in [1.165, 1.54) is 0 Å². The lowest BCUT2D eigenvalue weighted by Crippen LogP contribution is -2.20. The van der Waals surface area contributed by atoms with Crippen LogP contribution in [0.25, 0.3) is 0 Å². The van der Waals surface area contributed by atoms with Crippen molar-refractivity contribution in [2.75, 3.05) is 0 Å². The number of nitrogens with zero attached hydrogens (tertiary/aromatic N) is 2. The van der Waals surface area contributed by atoms with Crippen LogP contribution in [0, 0.1) is 0 Å². The molecule has 96 valence electrons. The third-order valence-electron chi connectivity index (χ3n) is 2.56. The second-order valence-corrected chi connectivity index (χ2v) is 3.94. The fourth-order valence-corrected chi connectivity index (χ4v) is 1.50. The van der Waals surface area contributed by atoms with Crippen molar-refractivity contribution in [1.82, 2.24) is 0 Å². The normalized spacial score (nSPS) is 12.5. The van der Waals surface area contributed by atoms with Crippen molar-refractivity contribution in [2.24, 2.45) is 16.0 Å². The summed E-state index contributed by atoms with van der Waals surface area (Å²) >= 11 is 0. The summed E-state index contributed by atoms with van der Waals surface area (Å²) in [4.78, 5) is 10.7. The molecule has 0 bridgehead atoms. The maximum Gasteiger partial charge on any atom is 0.325 e. The molecule has 0 heterocycles. The van der Waals surface area contributed by atoms with Crippen LogP contribution in [-0.4, -0.2) is 11.1 Å². The Morgan fingerprint density at radius 3 is 2.00 bits per heavy atom. The van der Waals surface area contributed by atoms with E-state index >= 15 is 0 Å². The number of hydrogen-bond acceptors (Lipinski definition) is 4. The Hall–Kier alpha value is -2.53. The molecule has 0 fully saturated rings. The van der Waals surface area contributed by atoms with Crippen molar-refractivity contribution in [1.29, 1.82) is 0 Å². The second kappa shape index (κ2) is 5.88. The molecule has 0 spiro atoms. The number of hydrogen-bond donors (Lipinski definition) is 2. The summed E-state index contributed by atoms with van der Waals surface area (Å²) in [6.07, 6.45) is 0. The largest absolute Gasteiger partial charge is 0.480 e. The summed E-state index contributed by atoms with van der Waals surface area (Å²) in [6, 6.07) is 15.0. The molecule has 3 N–H and O–H groups in total. The second-order valence-electron chi connectivity index (χ2n) is 3.94. The minimum atomic E-state index is -1.06. The molecule has 19 heavy (non-hydrogen) atoms. The smallest absolute Gasteiger partial charge is 0.325 e. The zero-order valence-electron chi connectivity index (χ0n) is 10.1. The molecule has 0 aliphatic rings. The summed E-state index contributed by atoms with van der Waals surface area (Å²) in [5.41, 5.74) is 7.43. The molecule has 0 saturated carbocycles. The molecule has 5 heteroatoms. The molecule has 1 atom stereocenters. The average Bonchev–Trinajstić information content (AvgIpc) is 2.46. The topological polar surface area (TPSA) is 88.0 Å². The van der Waals surface area contributed by atoms with Gasteiger partial charge in [0.15, 0.2) is 0 Å². The van der Waals surface area contributed by atoms with Gasteiger partial charge in [-0.2, -0.15) is 10.2 Å². The van der Waals surface area contributed by atoms with E-state index in [-0.39, 0.29) is 0 Å². The lowest BCUT2D eigenvalue weighted by molar-refractivity contribution is -0.138. The molecule has 0 aliphatic heterocycles. The quantitative estimate of drug-likeness (QED) is 0.822. The van der Waals surface area contributed by atoms with Gasteiger partial charge in [0, 0.05) is 0 Å². The Morgan fingerprint density at radius 1 is 0.947 bits per heavy atom. The number of azo groups is 1. The minimum Gasteiger partial charge on any atom is -0.480 e. The summed E-state index contributed by atoms with van der Waals surface area (Å²) in [5, 5.41) is 16.9. The first-order valence-electron chi connectivity index (χ1n) is 5.72. The van der Waals surface area contributed by atoms with Gasteiger partial charge in [-0.1, -0.05) is 30.3 Å². The highest BCUT2D eigenvalue weighted by atomic mass is 16.4. The highest BCUT2D eigenvalue weighted by molar-refractivity contribution is 5.75. The van der Waals surface area contributed by atoms with E-state index in [1.54, 1.807) is 24.3 Å². The van der Waals surface area contributed by atoms with Crippen LogP contribution in [0.3, 0.4) is 0 Å². The predicted octanol–water partition coefficient (Wildman–Crippen LogP) is 3.19.